The van der Waals surface area contributed by atoms with Crippen molar-refractivity contribution in [3.63, 3.8) is 0 Å². The van der Waals surface area contributed by atoms with Crippen molar-refractivity contribution in [2.24, 2.45) is 7.05 Å². The number of amides is 1. The van der Waals surface area contributed by atoms with Crippen molar-refractivity contribution < 1.29 is 14.7 Å². The number of carboxylic acids is 1. The van der Waals surface area contributed by atoms with E-state index in [9.17, 15) is 9.59 Å². The molecule has 0 spiro atoms. The fourth-order valence-corrected chi connectivity index (χ4v) is 1.94. The summed E-state index contributed by atoms with van der Waals surface area (Å²) in [6, 6.07) is -1.13. The zero-order valence-corrected chi connectivity index (χ0v) is 10.2. The molecule has 1 unspecified atom stereocenters. The number of carbonyl (C=O) groups excluding carboxylic acids is 1. The Labute approximate surface area is 106 Å². The first-order chi connectivity index (χ1) is 8.58. The smallest absolute Gasteiger partial charge is 0.331 e. The summed E-state index contributed by atoms with van der Waals surface area (Å²) < 4.78 is 1.47. The molecule has 8 heteroatoms. The second kappa shape index (κ2) is 4.96. The fraction of sp³-hybridized carbons (Fsp3) is 0.200. The highest BCUT2D eigenvalue weighted by atomic mass is 32.1. The zero-order valence-electron chi connectivity index (χ0n) is 9.40. The van der Waals surface area contributed by atoms with Crippen LogP contribution in [-0.4, -0.2) is 31.7 Å². The lowest BCUT2D eigenvalue weighted by Gasteiger charge is -2.11. The van der Waals surface area contributed by atoms with Gasteiger partial charge in [-0.2, -0.15) is 5.10 Å². The SMILES string of the molecule is Cn1cc(C(NC(=O)c2cscn2)C(=O)O)cn1. The average Bonchev–Trinajstić information content (AvgIpc) is 2.95. The summed E-state index contributed by atoms with van der Waals surface area (Å²) in [5.74, 6) is -1.67. The number of hydrogen-bond acceptors (Lipinski definition) is 5. The van der Waals surface area contributed by atoms with Crippen LogP contribution in [0.1, 0.15) is 22.1 Å². The van der Waals surface area contributed by atoms with Crippen molar-refractivity contribution in [1.29, 1.82) is 0 Å². The van der Waals surface area contributed by atoms with Gasteiger partial charge in [0.05, 0.1) is 11.7 Å². The van der Waals surface area contributed by atoms with E-state index in [4.69, 9.17) is 5.11 Å². The summed E-state index contributed by atoms with van der Waals surface area (Å²) in [5, 5.41) is 16.9. The van der Waals surface area contributed by atoms with E-state index >= 15 is 0 Å². The van der Waals surface area contributed by atoms with Crippen LogP contribution in [0.15, 0.2) is 23.3 Å². The van der Waals surface area contributed by atoms with Crippen LogP contribution in [0.25, 0.3) is 0 Å². The number of hydrogen-bond donors (Lipinski definition) is 2. The summed E-state index contributed by atoms with van der Waals surface area (Å²) in [6.45, 7) is 0. The average molecular weight is 266 g/mol. The molecule has 0 saturated heterocycles. The second-order valence-corrected chi connectivity index (χ2v) is 4.28. The van der Waals surface area contributed by atoms with Crippen LogP contribution in [-0.2, 0) is 11.8 Å². The Morgan fingerprint density at radius 3 is 2.83 bits per heavy atom. The number of aliphatic carboxylic acids is 1. The lowest BCUT2D eigenvalue weighted by Crippen LogP contribution is -2.33. The van der Waals surface area contributed by atoms with Gasteiger partial charge < -0.3 is 10.4 Å². The van der Waals surface area contributed by atoms with Gasteiger partial charge in [0.2, 0.25) is 0 Å². The minimum absolute atomic E-state index is 0.204. The number of rotatable bonds is 4. The Bertz CT molecular complexity index is 563. The van der Waals surface area contributed by atoms with Crippen molar-refractivity contribution >= 4 is 23.2 Å². The monoisotopic (exact) mass is 266 g/mol. The number of nitrogens with one attached hydrogen (secondary N) is 1. The van der Waals surface area contributed by atoms with E-state index in [1.54, 1.807) is 18.6 Å². The molecule has 0 aliphatic heterocycles. The van der Waals surface area contributed by atoms with Crippen LogP contribution in [0.4, 0.5) is 0 Å². The van der Waals surface area contributed by atoms with E-state index in [0.717, 1.165) is 0 Å². The topological polar surface area (TPSA) is 97.1 Å². The highest BCUT2D eigenvalue weighted by Gasteiger charge is 2.24. The molecule has 0 aromatic carbocycles. The number of thiazole rings is 1. The van der Waals surface area contributed by atoms with Crippen LogP contribution in [0, 0.1) is 0 Å². The van der Waals surface area contributed by atoms with Crippen molar-refractivity contribution in [3.8, 4) is 0 Å². The highest BCUT2D eigenvalue weighted by molar-refractivity contribution is 7.07. The lowest BCUT2D eigenvalue weighted by molar-refractivity contribution is -0.139. The zero-order chi connectivity index (χ0) is 13.1. The van der Waals surface area contributed by atoms with E-state index < -0.39 is 17.9 Å². The maximum atomic E-state index is 11.7. The Balaban J connectivity index is 2.17. The van der Waals surface area contributed by atoms with Gasteiger partial charge in [-0.05, 0) is 0 Å². The van der Waals surface area contributed by atoms with Gasteiger partial charge in [0.1, 0.15) is 5.69 Å². The molecule has 2 aromatic rings. The first kappa shape index (κ1) is 12.2. The van der Waals surface area contributed by atoms with Gasteiger partial charge in [-0.25, -0.2) is 9.78 Å². The molecule has 0 aliphatic carbocycles. The summed E-state index contributed by atoms with van der Waals surface area (Å²) in [7, 11) is 1.67. The number of carboxylic acid groups (broad SMARTS) is 1. The Morgan fingerprint density at radius 2 is 2.33 bits per heavy atom. The molecular formula is C10H10N4O3S. The van der Waals surface area contributed by atoms with E-state index in [0.29, 0.717) is 5.56 Å². The van der Waals surface area contributed by atoms with Gasteiger partial charge >= 0.3 is 5.97 Å². The van der Waals surface area contributed by atoms with E-state index in [-0.39, 0.29) is 5.69 Å². The maximum Gasteiger partial charge on any atom is 0.331 e. The molecule has 0 radical (unpaired) electrons. The third-order valence-corrected chi connectivity index (χ3v) is 2.83. The molecule has 2 rings (SSSR count). The van der Waals surface area contributed by atoms with Crippen molar-refractivity contribution in [1.82, 2.24) is 20.1 Å². The molecule has 1 amide bonds. The van der Waals surface area contributed by atoms with Crippen molar-refractivity contribution in [2.45, 2.75) is 6.04 Å². The standard InChI is InChI=1S/C10H10N4O3S/c1-14-3-6(2-12-14)8(10(16)17)13-9(15)7-4-18-5-11-7/h2-5,8H,1H3,(H,13,15)(H,16,17). The van der Waals surface area contributed by atoms with Crippen LogP contribution in [0.2, 0.25) is 0 Å². The third kappa shape index (κ3) is 2.54. The van der Waals surface area contributed by atoms with E-state index in [2.05, 4.69) is 15.4 Å². The molecule has 0 saturated carbocycles. The molecule has 2 heterocycles. The van der Waals surface area contributed by atoms with Crippen LogP contribution < -0.4 is 5.32 Å². The molecule has 94 valence electrons. The number of aromatic nitrogens is 3. The van der Waals surface area contributed by atoms with E-state index in [1.807, 2.05) is 0 Å². The normalized spacial score (nSPS) is 12.1. The summed E-state index contributed by atoms with van der Waals surface area (Å²) in [4.78, 5) is 26.7. The van der Waals surface area contributed by atoms with Crippen LogP contribution in [0.5, 0.6) is 0 Å². The molecule has 0 fully saturated rings. The predicted octanol–water partition coefficient (Wildman–Crippen LogP) is 0.432. The predicted molar refractivity (Wildman–Crippen MR) is 63.2 cm³/mol. The van der Waals surface area contributed by atoms with Crippen LogP contribution in [0.3, 0.4) is 0 Å². The molecule has 1 atom stereocenters. The summed E-state index contributed by atoms with van der Waals surface area (Å²) in [5.41, 5.74) is 2.12. The molecule has 2 aromatic heterocycles. The van der Waals surface area contributed by atoms with E-state index in [1.165, 1.54) is 27.7 Å². The summed E-state index contributed by atoms with van der Waals surface area (Å²) in [6.07, 6.45) is 2.94. The number of aryl methyl sites for hydroxylation is 1. The van der Waals surface area contributed by atoms with Gasteiger partial charge in [-0.3, -0.25) is 9.48 Å². The second-order valence-electron chi connectivity index (χ2n) is 3.57. The molecule has 7 nitrogen and oxygen atoms in total. The van der Waals surface area contributed by atoms with Gasteiger partial charge in [-0.15, -0.1) is 11.3 Å². The minimum Gasteiger partial charge on any atom is -0.479 e. The van der Waals surface area contributed by atoms with Crippen LogP contribution >= 0.6 is 11.3 Å². The highest BCUT2D eigenvalue weighted by Crippen LogP contribution is 2.13. The fourth-order valence-electron chi connectivity index (χ4n) is 1.41. The molecule has 2 N–H and O–H groups in total. The summed E-state index contributed by atoms with van der Waals surface area (Å²) >= 11 is 1.27. The van der Waals surface area contributed by atoms with Gasteiger partial charge in [0.15, 0.2) is 6.04 Å². The van der Waals surface area contributed by atoms with Crippen molar-refractivity contribution in [2.75, 3.05) is 0 Å². The Kier molecular flexibility index (Phi) is 3.38. The van der Waals surface area contributed by atoms with Gasteiger partial charge in [-0.1, -0.05) is 0 Å². The van der Waals surface area contributed by atoms with Gasteiger partial charge in [0, 0.05) is 24.2 Å². The maximum absolute atomic E-state index is 11.7. The molecule has 18 heavy (non-hydrogen) atoms. The quantitative estimate of drug-likeness (QED) is 0.836. The first-order valence-electron chi connectivity index (χ1n) is 4.98. The number of carbonyl (C=O) groups is 2. The molecule has 0 aliphatic rings. The number of nitrogens with zero attached hydrogens (tertiary/aromatic N) is 3. The van der Waals surface area contributed by atoms with Gasteiger partial charge in [0.25, 0.3) is 5.91 Å². The first-order valence-corrected chi connectivity index (χ1v) is 5.92. The molecular weight excluding hydrogens is 256 g/mol. The Hall–Kier alpha value is -2.22. The Morgan fingerprint density at radius 1 is 1.56 bits per heavy atom. The van der Waals surface area contributed by atoms with Crippen molar-refractivity contribution in [3.05, 3.63) is 34.5 Å². The largest absolute Gasteiger partial charge is 0.479 e. The molecule has 0 bridgehead atoms. The lowest BCUT2D eigenvalue weighted by atomic mass is 10.1. The minimum atomic E-state index is -1.15. The third-order valence-electron chi connectivity index (χ3n) is 2.25.